The molecule has 6 N–H and O–H groups in total. The molecule has 2 rings (SSSR count). The average molecular weight is 333 g/mol. The maximum atomic E-state index is 10.3. The highest BCUT2D eigenvalue weighted by Crippen LogP contribution is 2.28. The maximum Gasteiger partial charge on any atom is 0.186 e. The second-order valence-corrected chi connectivity index (χ2v) is 6.31. The Morgan fingerprint density at radius 1 is 1.09 bits per heavy atom. The summed E-state index contributed by atoms with van der Waals surface area (Å²) in [6, 6.07) is -1.35. The van der Waals surface area contributed by atoms with Crippen LogP contribution in [0.4, 0.5) is 0 Å². The van der Waals surface area contributed by atoms with Crippen molar-refractivity contribution in [3.8, 4) is 0 Å². The molecule has 1 saturated heterocycles. The first-order valence-corrected chi connectivity index (χ1v) is 7.79. The van der Waals surface area contributed by atoms with E-state index in [-0.39, 0.29) is 12.5 Å². The van der Waals surface area contributed by atoms with Crippen molar-refractivity contribution < 1.29 is 35.0 Å². The van der Waals surface area contributed by atoms with Crippen LogP contribution in [0, 0.1) is 5.92 Å². The topological polar surface area (TPSA) is 132 Å². The van der Waals surface area contributed by atoms with E-state index in [2.05, 4.69) is 5.32 Å². The largest absolute Gasteiger partial charge is 0.392 e. The zero-order chi connectivity index (χ0) is 17.3. The minimum atomic E-state index is -1.24. The smallest absolute Gasteiger partial charge is 0.186 e. The van der Waals surface area contributed by atoms with Gasteiger partial charge >= 0.3 is 0 Å². The van der Waals surface area contributed by atoms with E-state index < -0.39 is 48.9 Å². The molecule has 0 amide bonds. The highest BCUT2D eigenvalue weighted by atomic mass is 16.7. The van der Waals surface area contributed by atoms with E-state index in [4.69, 9.17) is 9.47 Å². The van der Waals surface area contributed by atoms with Crippen LogP contribution in [0.5, 0.6) is 0 Å². The first-order chi connectivity index (χ1) is 10.8. The number of aliphatic hydroxyl groups is 5. The van der Waals surface area contributed by atoms with Gasteiger partial charge in [0.05, 0.1) is 37.0 Å². The van der Waals surface area contributed by atoms with Crippen molar-refractivity contribution in [2.24, 2.45) is 5.92 Å². The van der Waals surface area contributed by atoms with Gasteiger partial charge in [-0.25, -0.2) is 0 Å². The van der Waals surface area contributed by atoms with E-state index in [9.17, 15) is 25.5 Å². The second-order valence-electron chi connectivity index (χ2n) is 6.31. The molecule has 8 heteroatoms. The van der Waals surface area contributed by atoms with Crippen LogP contribution in [0.1, 0.15) is 13.8 Å². The SMILES string of the molecule is CO[C@@H]1O[C@H](C)C(NC2C=C(CO)[C@@H](C)C(O)[C@H]2O)[C@H](O)C1O. The molecule has 23 heavy (non-hydrogen) atoms. The van der Waals surface area contributed by atoms with Crippen LogP contribution in [0.25, 0.3) is 0 Å². The van der Waals surface area contributed by atoms with Gasteiger partial charge in [0, 0.05) is 13.0 Å². The van der Waals surface area contributed by atoms with Crippen LogP contribution in [-0.4, -0.2) is 88.1 Å². The first kappa shape index (κ1) is 18.8. The van der Waals surface area contributed by atoms with Crippen LogP contribution >= 0.6 is 0 Å². The molecule has 0 aromatic carbocycles. The number of methoxy groups -OCH3 is 1. The van der Waals surface area contributed by atoms with Gasteiger partial charge in [-0.1, -0.05) is 13.0 Å². The molecule has 1 aliphatic heterocycles. The van der Waals surface area contributed by atoms with Crippen LogP contribution in [0.15, 0.2) is 11.6 Å². The van der Waals surface area contributed by atoms with Crippen molar-refractivity contribution in [1.82, 2.24) is 5.32 Å². The molecule has 1 aliphatic carbocycles. The highest BCUT2D eigenvalue weighted by molar-refractivity contribution is 5.20. The second kappa shape index (κ2) is 7.54. The zero-order valence-corrected chi connectivity index (χ0v) is 13.5. The molecule has 4 unspecified atom stereocenters. The minimum Gasteiger partial charge on any atom is -0.392 e. The maximum absolute atomic E-state index is 10.3. The summed E-state index contributed by atoms with van der Waals surface area (Å²) >= 11 is 0. The summed E-state index contributed by atoms with van der Waals surface area (Å²) in [5.41, 5.74) is 0.606. The molecule has 1 heterocycles. The number of rotatable bonds is 4. The number of hydrogen-bond donors (Lipinski definition) is 6. The Bertz CT molecular complexity index is 432. The average Bonchev–Trinajstić information content (AvgIpc) is 2.54. The normalized spacial score (nSPS) is 48.2. The van der Waals surface area contributed by atoms with E-state index in [0.29, 0.717) is 5.57 Å². The number of nitrogens with one attached hydrogen (secondary N) is 1. The van der Waals surface area contributed by atoms with Crippen LogP contribution < -0.4 is 5.32 Å². The van der Waals surface area contributed by atoms with Gasteiger partial charge in [-0.15, -0.1) is 0 Å². The summed E-state index contributed by atoms with van der Waals surface area (Å²) in [7, 11) is 1.37. The Hall–Kier alpha value is -0.580. The van der Waals surface area contributed by atoms with Crippen molar-refractivity contribution in [1.29, 1.82) is 0 Å². The molecule has 0 saturated carbocycles. The van der Waals surface area contributed by atoms with Crippen molar-refractivity contribution >= 4 is 0 Å². The molecule has 0 radical (unpaired) electrons. The summed E-state index contributed by atoms with van der Waals surface area (Å²) in [6.07, 6.45) is -4.31. The lowest BCUT2D eigenvalue weighted by Gasteiger charge is -2.44. The molecule has 0 bridgehead atoms. The minimum absolute atomic E-state index is 0.225. The third-order valence-corrected chi connectivity index (χ3v) is 4.86. The van der Waals surface area contributed by atoms with E-state index in [0.717, 1.165) is 0 Å². The summed E-state index contributed by atoms with van der Waals surface area (Å²) in [4.78, 5) is 0. The highest BCUT2D eigenvalue weighted by Gasteiger charge is 2.45. The molecular weight excluding hydrogens is 306 g/mol. The third kappa shape index (κ3) is 3.59. The van der Waals surface area contributed by atoms with E-state index in [1.165, 1.54) is 7.11 Å². The first-order valence-electron chi connectivity index (χ1n) is 7.79. The Morgan fingerprint density at radius 2 is 1.74 bits per heavy atom. The van der Waals surface area contributed by atoms with E-state index in [1.807, 2.05) is 0 Å². The molecule has 0 aromatic rings. The quantitative estimate of drug-likeness (QED) is 0.317. The van der Waals surface area contributed by atoms with Gasteiger partial charge in [-0.2, -0.15) is 0 Å². The lowest BCUT2D eigenvalue weighted by atomic mass is 9.81. The van der Waals surface area contributed by atoms with Gasteiger partial charge in [-0.05, 0) is 12.5 Å². The summed E-state index contributed by atoms with van der Waals surface area (Å²) < 4.78 is 10.5. The lowest BCUT2D eigenvalue weighted by Crippen LogP contribution is -2.66. The zero-order valence-electron chi connectivity index (χ0n) is 13.5. The predicted molar refractivity (Wildman–Crippen MR) is 80.4 cm³/mol. The number of ether oxygens (including phenoxy) is 2. The van der Waals surface area contributed by atoms with Crippen molar-refractivity contribution in [3.05, 3.63) is 11.6 Å². The molecule has 134 valence electrons. The standard InChI is InChI=1S/C15H27NO7/c1-6-8(5-17)4-9(12(19)11(6)18)16-10-7(2)23-15(22-3)14(21)13(10)20/h4,6-7,9-21H,5H2,1-3H3/t6-,7-,9?,10?,11?,12+,13+,14?,15-/m1/s1. The molecule has 8 nitrogen and oxygen atoms in total. The molecule has 0 spiro atoms. The van der Waals surface area contributed by atoms with Gasteiger partial charge in [0.2, 0.25) is 0 Å². The molecule has 2 aliphatic rings. The van der Waals surface area contributed by atoms with Crippen molar-refractivity contribution in [2.45, 2.75) is 62.7 Å². The molecular formula is C15H27NO7. The Labute approximate surface area is 135 Å². The predicted octanol–water partition coefficient (Wildman–Crippen LogP) is -2.28. The fraction of sp³-hybridized carbons (Fsp3) is 0.867. The van der Waals surface area contributed by atoms with E-state index >= 15 is 0 Å². The Balaban J connectivity index is 2.15. The Kier molecular flexibility index (Phi) is 6.15. The number of aliphatic hydroxyl groups excluding tert-OH is 5. The summed E-state index contributed by atoms with van der Waals surface area (Å²) in [5, 5.41) is 53.0. The van der Waals surface area contributed by atoms with Crippen molar-refractivity contribution in [2.75, 3.05) is 13.7 Å². The summed E-state index contributed by atoms with van der Waals surface area (Å²) in [5.74, 6) is -0.360. The van der Waals surface area contributed by atoms with Gasteiger partial charge in [-0.3, -0.25) is 0 Å². The van der Waals surface area contributed by atoms with Crippen LogP contribution in [0.3, 0.4) is 0 Å². The Morgan fingerprint density at radius 3 is 2.30 bits per heavy atom. The van der Waals surface area contributed by atoms with Crippen LogP contribution in [-0.2, 0) is 9.47 Å². The van der Waals surface area contributed by atoms with Gasteiger partial charge in [0.25, 0.3) is 0 Å². The number of hydrogen-bond acceptors (Lipinski definition) is 8. The van der Waals surface area contributed by atoms with Crippen molar-refractivity contribution in [3.63, 3.8) is 0 Å². The van der Waals surface area contributed by atoms with Gasteiger partial charge < -0.3 is 40.3 Å². The molecule has 1 fully saturated rings. The fourth-order valence-corrected chi connectivity index (χ4v) is 3.23. The molecule has 9 atom stereocenters. The monoisotopic (exact) mass is 333 g/mol. The fourth-order valence-electron chi connectivity index (χ4n) is 3.23. The van der Waals surface area contributed by atoms with Gasteiger partial charge in [0.1, 0.15) is 12.2 Å². The van der Waals surface area contributed by atoms with E-state index in [1.54, 1.807) is 19.9 Å². The third-order valence-electron chi connectivity index (χ3n) is 4.86. The molecule has 0 aromatic heterocycles. The summed E-state index contributed by atoms with van der Waals surface area (Å²) in [6.45, 7) is 3.21. The lowest BCUT2D eigenvalue weighted by molar-refractivity contribution is -0.265. The van der Waals surface area contributed by atoms with Gasteiger partial charge in [0.15, 0.2) is 6.29 Å². The van der Waals surface area contributed by atoms with Crippen LogP contribution in [0.2, 0.25) is 0 Å².